The molecule has 11 heterocycles. The van der Waals surface area contributed by atoms with Crippen molar-refractivity contribution in [3.05, 3.63) is 176 Å². The maximum atomic E-state index is 17.1. The molecule has 50 nitrogen and oxygen atoms in total. The van der Waals surface area contributed by atoms with E-state index in [9.17, 15) is 107 Å². The number of phenolic OH excluding ortho intramolecular Hbond substituents is 4. The molecule has 11 bridgehead atoms. The number of benzene rings is 7. The minimum Gasteiger partial charge on any atom is -0.508 e. The standard InChI is InChI=1S/C95H111Cl2N9O41/c1-31-68(114)47(98)26-58(134-31)143-82-38-11-18-52(46(97)21-38)139-54-23-39-22-53(83(54)147-95-84(76(122)72(118)57(30-109)142-95)144-59-27-48(99)80(33(3)135-59)145-93-78(124)74(120)70(116)55(28-107)140-93)137-41-14-7-35(8-15-41)81(146-94-79(125)75(121)71(117)56(29-108)141-94)66(105-85(126)61(100-4)34-5-12-42(13-6-34)138-92-77(123)73(119)69(115)32(2)136-92)89(130)102-63(37-10-17-50(112)45(96)20-37)86(127)103-64(39)88(129)101-62-36-9-16-49(111)43(19-36)60-44(24-40(110)25-51(60)113)65(91(132)133)104-90(131)67(82)106-87(62)128/h5-25,31-33,47-48,55-59,61-82,84,92-95,100,107-125H,26-30,98-99H2,1-4H3,(H,101,129)(H,102,130)(H,103,127)(H,104,131)(H,105,126)(H,106,128)(H,132,133)/t31-,32-,33-,47+,48+,55+,56+,57+,58-,59-,61+,62+,63-,64+,65-,66+,67-,68-,69-,70-,71+,72+,73+,74-,75-,76-,77+,78+,79-,80-,81+,82+,84+,92-,93-,94+,95-/m0/s1. The number of carbonyl (C=O) groups excluding carboxylic acids is 6. The number of nitrogens with two attached hydrogens (primary N) is 2. The smallest absolute Gasteiger partial charge is 0.330 e. The summed E-state index contributed by atoms with van der Waals surface area (Å²) in [6.45, 7) is 1.26. The maximum Gasteiger partial charge on any atom is 0.330 e. The molecule has 0 radical (unpaired) electrons. The SMILES string of the molecule is CN[C@@H](C(=O)N[C@H]1C(=O)N[C@@H](c2ccc(O)c(Cl)c2)C(=O)N[C@H]2C(=O)N[C@H]3C(=O)N[C@H](C(=O)N[C@H](C(=O)O)c4cc(O)cc(O)c4-c4cc3ccc4O)[C@H](O[C@H]3C[C@@H](N)[C@@H](O)[C@H](C)O3)c3ccc(c(Cl)c3)Oc3cc2cc(c3O[C@@H]2O[C@H](CO)[C@@H](O)[C@H](O)[C@H]2O[C@H]2C[C@@H](N)[C@@H](O[C@@H]3O[C@H](CO)[C@H](O)[C@H](O)[C@H]3O)[C@H](C)O2)Oc2ccc(cc2)[C@H]1O[C@H]1O[C@H](CO)[C@@H](O)[C@H](O)[C@@H]1O)c1ccc(O[C@@H]2O[C@@H](C)[C@H](O)[C@@H](O)[C@H]2O)cc1. The number of nitrogens with one attached hydrogen (secondary N) is 7. The van der Waals surface area contributed by atoms with Gasteiger partial charge in [0.1, 0.15) is 180 Å². The van der Waals surface area contributed by atoms with Gasteiger partial charge in [0.05, 0.1) is 54.3 Å². The monoisotopic (exact) mass is 2100 g/mol. The quantitative estimate of drug-likeness (QED) is 0.0326. The van der Waals surface area contributed by atoms with E-state index < -0.39 is 383 Å². The lowest BCUT2D eigenvalue weighted by Gasteiger charge is -2.46. The third kappa shape index (κ3) is 22.6. The van der Waals surface area contributed by atoms with Gasteiger partial charge in [0.25, 0.3) is 0 Å². The first-order valence-electron chi connectivity index (χ1n) is 46.5. The van der Waals surface area contributed by atoms with E-state index in [1.165, 1.54) is 82.4 Å². The Morgan fingerprint density at radius 2 is 0.966 bits per heavy atom. The van der Waals surface area contributed by atoms with E-state index in [1.54, 1.807) is 0 Å². The van der Waals surface area contributed by atoms with E-state index in [2.05, 4.69) is 37.2 Å². The van der Waals surface area contributed by atoms with Crippen LogP contribution in [0.2, 0.25) is 10.0 Å². The van der Waals surface area contributed by atoms with Gasteiger partial charge in [-0.15, -0.1) is 0 Å². The molecule has 7 aromatic carbocycles. The first-order valence-corrected chi connectivity index (χ1v) is 47.2. The van der Waals surface area contributed by atoms with Crippen molar-refractivity contribution >= 4 is 64.6 Å². The average molecular weight is 2110 g/mol. The van der Waals surface area contributed by atoms with Crippen LogP contribution in [0.3, 0.4) is 0 Å². The highest BCUT2D eigenvalue weighted by molar-refractivity contribution is 6.32. The predicted molar refractivity (Wildman–Crippen MR) is 494 cm³/mol. The second-order valence-corrected chi connectivity index (χ2v) is 37.6. The fourth-order valence-corrected chi connectivity index (χ4v) is 19.2. The molecular weight excluding hydrogens is 1990 g/mol. The van der Waals surface area contributed by atoms with Crippen molar-refractivity contribution in [1.29, 1.82) is 0 Å². The number of carboxylic acid groups (broad SMARTS) is 1. The van der Waals surface area contributed by atoms with E-state index >= 15 is 28.8 Å². The Kier molecular flexibility index (Phi) is 33.4. The molecule has 147 heavy (non-hydrogen) atoms. The number of hydrogen-bond acceptors (Lipinski definition) is 43. The number of rotatable bonds is 21. The molecule has 0 aromatic heterocycles. The zero-order valence-electron chi connectivity index (χ0n) is 77.9. The van der Waals surface area contributed by atoms with Crippen LogP contribution in [0.15, 0.2) is 127 Å². The van der Waals surface area contributed by atoms with E-state index in [-0.39, 0.29) is 34.6 Å². The summed E-state index contributed by atoms with van der Waals surface area (Å²) in [7, 11) is 1.32. The van der Waals surface area contributed by atoms with Gasteiger partial charge in [0.2, 0.25) is 53.8 Å². The summed E-state index contributed by atoms with van der Waals surface area (Å²) in [6.07, 6.45) is -50.7. The zero-order chi connectivity index (χ0) is 106. The highest BCUT2D eigenvalue weighted by Gasteiger charge is 2.55. The van der Waals surface area contributed by atoms with Gasteiger partial charge in [0.15, 0.2) is 48.8 Å². The Morgan fingerprint density at radius 3 is 1.56 bits per heavy atom. The number of phenols is 4. The number of carbonyl (C=O) groups is 7. The molecule has 11 aliphatic heterocycles. The zero-order valence-corrected chi connectivity index (χ0v) is 79.5. The van der Waals surface area contributed by atoms with Crippen molar-refractivity contribution in [2.75, 3.05) is 26.9 Å². The molecule has 0 aliphatic carbocycles. The Morgan fingerprint density at radius 1 is 0.442 bits per heavy atom. The molecule has 0 unspecified atom stereocenters. The van der Waals surface area contributed by atoms with Crippen LogP contribution >= 0.6 is 23.2 Å². The molecule has 6 fully saturated rings. The van der Waals surface area contributed by atoms with Gasteiger partial charge in [-0.2, -0.15) is 0 Å². The molecule has 18 rings (SSSR count). The Bertz CT molecular complexity index is 5930. The molecule has 7 aromatic rings. The second-order valence-electron chi connectivity index (χ2n) is 36.8. The highest BCUT2D eigenvalue weighted by Crippen LogP contribution is 2.51. The number of likely N-dealkylation sites (N-methyl/N-ethyl adjacent to an activating group) is 1. The Balaban J connectivity index is 0.901. The van der Waals surface area contributed by atoms with Crippen LogP contribution in [-0.4, -0.2) is 354 Å². The average Bonchev–Trinajstić information content (AvgIpc) is 0.758. The number of hydrogen-bond donors (Lipinski definition) is 29. The molecule has 6 amide bonds. The van der Waals surface area contributed by atoms with Gasteiger partial charge in [-0.25, -0.2) is 4.79 Å². The van der Waals surface area contributed by atoms with Gasteiger partial charge in [-0.05, 0) is 140 Å². The summed E-state index contributed by atoms with van der Waals surface area (Å²) in [5.74, 6) is -16.9. The topological polar surface area (TPSA) is 790 Å². The number of ether oxygens (including phenoxy) is 14. The summed E-state index contributed by atoms with van der Waals surface area (Å²) >= 11 is 14.2. The second kappa shape index (κ2) is 45.2. The van der Waals surface area contributed by atoms with Crippen molar-refractivity contribution in [3.8, 4) is 68.6 Å². The number of amides is 6. The number of fused-ring (bicyclic) bond motifs is 15. The number of carboxylic acids is 1. The van der Waals surface area contributed by atoms with Crippen LogP contribution in [0.25, 0.3) is 11.1 Å². The molecule has 31 N–H and O–H groups in total. The summed E-state index contributed by atoms with van der Waals surface area (Å²) in [4.78, 5) is 112. The Hall–Kier alpha value is -11.3. The fourth-order valence-electron chi connectivity index (χ4n) is 18.8. The number of halogens is 2. The maximum absolute atomic E-state index is 17.1. The lowest BCUT2D eigenvalue weighted by Crippen LogP contribution is -2.64. The van der Waals surface area contributed by atoms with Crippen LogP contribution in [0, 0.1) is 0 Å². The lowest BCUT2D eigenvalue weighted by molar-refractivity contribution is -0.349. The van der Waals surface area contributed by atoms with Crippen molar-refractivity contribution in [2.45, 2.75) is 260 Å². The molecule has 11 aliphatic rings. The fraction of sp³-hybridized carbons (Fsp3) is 0.484. The lowest BCUT2D eigenvalue weighted by atomic mass is 9.89. The van der Waals surface area contributed by atoms with E-state index in [1.807, 2.05) is 0 Å². The van der Waals surface area contributed by atoms with E-state index in [0.717, 1.165) is 72.8 Å². The molecule has 796 valence electrons. The number of aliphatic hydroxyl groups excluding tert-OH is 15. The molecule has 6 saturated heterocycles. The molecule has 0 saturated carbocycles. The predicted octanol–water partition coefficient (Wildman–Crippen LogP) is -4.05. The van der Waals surface area contributed by atoms with E-state index in [0.29, 0.717) is 0 Å². The van der Waals surface area contributed by atoms with Crippen molar-refractivity contribution < 1.29 is 202 Å². The summed E-state index contributed by atoms with van der Waals surface area (Å²) in [5.41, 5.74) is 9.67. The minimum absolute atomic E-state index is 0.0225. The van der Waals surface area contributed by atoms with Crippen LogP contribution in [0.1, 0.15) is 115 Å². The highest BCUT2D eigenvalue weighted by atomic mass is 35.5. The van der Waals surface area contributed by atoms with Gasteiger partial charge in [-0.1, -0.05) is 65.7 Å². The molecule has 0 spiro atoms. The van der Waals surface area contributed by atoms with Crippen molar-refractivity contribution in [1.82, 2.24) is 37.2 Å². The number of aliphatic carboxylic acids is 1. The normalized spacial score (nSPS) is 35.5. The van der Waals surface area contributed by atoms with Crippen LogP contribution < -0.4 is 67.6 Å². The first kappa shape index (κ1) is 108. The summed E-state index contributed by atoms with van der Waals surface area (Å²) in [5, 5.41) is 241. The van der Waals surface area contributed by atoms with Crippen molar-refractivity contribution in [2.24, 2.45) is 11.5 Å². The van der Waals surface area contributed by atoms with Crippen LogP contribution in [0.5, 0.6) is 57.5 Å². The largest absolute Gasteiger partial charge is 0.508 e. The molecule has 37 atom stereocenters. The summed E-state index contributed by atoms with van der Waals surface area (Å²) in [6, 6.07) is 4.64. The third-order valence-corrected chi connectivity index (χ3v) is 27.5. The van der Waals surface area contributed by atoms with Crippen LogP contribution in [0.4, 0.5) is 0 Å². The third-order valence-electron chi connectivity index (χ3n) is 26.9. The van der Waals surface area contributed by atoms with Gasteiger partial charge in [0, 0.05) is 47.7 Å². The Labute approximate surface area is 843 Å². The first-order chi connectivity index (χ1) is 69.9. The van der Waals surface area contributed by atoms with Gasteiger partial charge < -0.3 is 217 Å². The number of aliphatic hydroxyl groups is 15. The van der Waals surface area contributed by atoms with Crippen molar-refractivity contribution in [3.63, 3.8) is 0 Å². The summed E-state index contributed by atoms with van der Waals surface area (Å²) < 4.78 is 88.5. The van der Waals surface area contributed by atoms with Crippen LogP contribution in [-0.2, 0) is 80.9 Å². The molecular formula is C95H111Cl2N9O41. The van der Waals surface area contributed by atoms with Gasteiger partial charge in [-0.3, -0.25) is 28.8 Å². The number of aromatic hydroxyl groups is 4. The molecule has 52 heteroatoms. The minimum atomic E-state index is -2.55. The van der Waals surface area contributed by atoms with E-state index in [4.69, 9.17) is 101 Å². The van der Waals surface area contributed by atoms with Gasteiger partial charge >= 0.3 is 5.97 Å².